The molecule has 2 aromatic carbocycles. The van der Waals surface area contributed by atoms with E-state index in [0.717, 1.165) is 24.3 Å². The largest absolute Gasteiger partial charge is 0.493 e. The number of anilines is 1. The third kappa shape index (κ3) is 4.78. The van der Waals surface area contributed by atoms with Crippen molar-refractivity contribution in [2.24, 2.45) is 0 Å². The lowest BCUT2D eigenvalue weighted by molar-refractivity contribution is 0.0664. The molecule has 10 nitrogen and oxygen atoms in total. The van der Waals surface area contributed by atoms with Crippen molar-refractivity contribution in [3.05, 3.63) is 72.1 Å². The molecule has 2 aromatic heterocycles. The first kappa shape index (κ1) is 25.2. The van der Waals surface area contributed by atoms with Crippen LogP contribution in [0.1, 0.15) is 20.8 Å². The summed E-state index contributed by atoms with van der Waals surface area (Å²) in [6.45, 7) is 3.15. The fraction of sp³-hybridized carbons (Fsp3) is 0.286. The standard InChI is InChI=1S/C28H30N6O4/c1-31-13-15-33(16-14-31)27(35)19-5-8-21(9-6-19)32(2)28(36)22-18-26-29-12-11-23(34(26)30-22)20-7-10-24(37-3)25(17-20)38-4/h5-12,17-18H,13-16H2,1-4H3. The molecule has 10 heteroatoms. The molecule has 0 saturated carbocycles. The van der Waals surface area contributed by atoms with Gasteiger partial charge in [-0.1, -0.05) is 0 Å². The maximum Gasteiger partial charge on any atom is 0.278 e. The van der Waals surface area contributed by atoms with Gasteiger partial charge in [-0.2, -0.15) is 5.10 Å². The SMILES string of the molecule is COc1ccc(-c2ccnc3cc(C(=O)N(C)c4ccc(C(=O)N5CCN(C)CC5)cc4)nn23)cc1OC. The second-order valence-corrected chi connectivity index (χ2v) is 9.21. The number of methoxy groups -OCH3 is 2. The summed E-state index contributed by atoms with van der Waals surface area (Å²) in [5, 5.41) is 4.57. The minimum atomic E-state index is -0.285. The molecule has 0 aliphatic carbocycles. The normalized spacial score (nSPS) is 13.9. The zero-order valence-corrected chi connectivity index (χ0v) is 21.9. The lowest BCUT2D eigenvalue weighted by Crippen LogP contribution is -2.47. The van der Waals surface area contributed by atoms with Gasteiger partial charge in [0.15, 0.2) is 22.8 Å². The number of hydrogen-bond acceptors (Lipinski definition) is 7. The van der Waals surface area contributed by atoms with Gasteiger partial charge in [-0.15, -0.1) is 0 Å². The van der Waals surface area contributed by atoms with Crippen LogP contribution in [0.4, 0.5) is 5.69 Å². The molecule has 1 aliphatic heterocycles. The highest BCUT2D eigenvalue weighted by molar-refractivity contribution is 6.05. The molecule has 0 N–H and O–H groups in total. The molecule has 0 unspecified atom stereocenters. The number of nitrogens with zero attached hydrogens (tertiary/aromatic N) is 6. The van der Waals surface area contributed by atoms with Crippen LogP contribution in [0, 0.1) is 0 Å². The Bertz CT molecular complexity index is 1470. The van der Waals surface area contributed by atoms with Crippen molar-refractivity contribution in [1.29, 1.82) is 0 Å². The second-order valence-electron chi connectivity index (χ2n) is 9.21. The number of carbonyl (C=O) groups excluding carboxylic acids is 2. The average molecular weight is 515 g/mol. The van der Waals surface area contributed by atoms with E-state index in [2.05, 4.69) is 22.0 Å². The number of amides is 2. The van der Waals surface area contributed by atoms with Gasteiger partial charge in [0.2, 0.25) is 0 Å². The molecule has 0 spiro atoms. The number of fused-ring (bicyclic) bond motifs is 1. The van der Waals surface area contributed by atoms with Crippen molar-refractivity contribution in [1.82, 2.24) is 24.4 Å². The number of aromatic nitrogens is 3. The van der Waals surface area contributed by atoms with Crippen LogP contribution >= 0.6 is 0 Å². The lowest BCUT2D eigenvalue weighted by Gasteiger charge is -2.32. The van der Waals surface area contributed by atoms with E-state index in [1.54, 1.807) is 62.3 Å². The molecule has 1 fully saturated rings. The summed E-state index contributed by atoms with van der Waals surface area (Å²) >= 11 is 0. The maximum absolute atomic E-state index is 13.3. The summed E-state index contributed by atoms with van der Waals surface area (Å²) in [6, 6.07) is 16.2. The number of hydrogen-bond donors (Lipinski definition) is 0. The number of ether oxygens (including phenoxy) is 2. The van der Waals surface area contributed by atoms with Gasteiger partial charge in [0.1, 0.15) is 0 Å². The van der Waals surface area contributed by atoms with Crippen LogP contribution in [-0.4, -0.2) is 90.7 Å². The second kappa shape index (κ2) is 10.5. The van der Waals surface area contributed by atoms with Crippen LogP contribution in [0.15, 0.2) is 60.8 Å². The molecule has 3 heterocycles. The fourth-order valence-corrected chi connectivity index (χ4v) is 4.52. The number of carbonyl (C=O) groups is 2. The third-order valence-electron chi connectivity index (χ3n) is 6.85. The van der Waals surface area contributed by atoms with Crippen LogP contribution in [0.25, 0.3) is 16.9 Å². The van der Waals surface area contributed by atoms with Crippen LogP contribution < -0.4 is 14.4 Å². The zero-order valence-electron chi connectivity index (χ0n) is 21.9. The van der Waals surface area contributed by atoms with E-state index in [9.17, 15) is 9.59 Å². The Labute approximate surface area is 221 Å². The van der Waals surface area contributed by atoms with Crippen LogP contribution in [0.2, 0.25) is 0 Å². The van der Waals surface area contributed by atoms with E-state index >= 15 is 0 Å². The van der Waals surface area contributed by atoms with Gasteiger partial charge in [-0.25, -0.2) is 9.50 Å². The number of likely N-dealkylation sites (N-methyl/N-ethyl adjacent to an activating group) is 1. The topological polar surface area (TPSA) is 92.5 Å². The van der Waals surface area contributed by atoms with Crippen molar-refractivity contribution < 1.29 is 19.1 Å². The summed E-state index contributed by atoms with van der Waals surface area (Å²) in [4.78, 5) is 36.2. The van der Waals surface area contributed by atoms with Crippen LogP contribution in [-0.2, 0) is 0 Å². The van der Waals surface area contributed by atoms with E-state index < -0.39 is 0 Å². The Morgan fingerprint density at radius 1 is 0.895 bits per heavy atom. The highest BCUT2D eigenvalue weighted by Gasteiger charge is 2.22. The number of benzene rings is 2. The van der Waals surface area contributed by atoms with Crippen LogP contribution in [0.5, 0.6) is 11.5 Å². The first-order valence-electron chi connectivity index (χ1n) is 12.3. The Kier molecular flexibility index (Phi) is 6.97. The van der Waals surface area contributed by atoms with E-state index in [1.807, 2.05) is 29.2 Å². The van der Waals surface area contributed by atoms with Gasteiger partial charge in [-0.05, 0) is 55.6 Å². The van der Waals surface area contributed by atoms with E-state index in [1.165, 1.54) is 4.90 Å². The molecule has 0 atom stereocenters. The highest BCUT2D eigenvalue weighted by Crippen LogP contribution is 2.32. The monoisotopic (exact) mass is 514 g/mol. The predicted molar refractivity (Wildman–Crippen MR) is 144 cm³/mol. The molecule has 1 saturated heterocycles. The van der Waals surface area contributed by atoms with Crippen molar-refractivity contribution in [3.63, 3.8) is 0 Å². The first-order valence-corrected chi connectivity index (χ1v) is 12.3. The predicted octanol–water partition coefficient (Wildman–Crippen LogP) is 3.08. The summed E-state index contributed by atoms with van der Waals surface area (Å²) in [5.41, 5.74) is 3.66. The smallest absolute Gasteiger partial charge is 0.278 e. The van der Waals surface area contributed by atoms with Crippen molar-refractivity contribution in [2.75, 3.05) is 59.4 Å². The van der Waals surface area contributed by atoms with Gasteiger partial charge in [0.05, 0.1) is 19.9 Å². The third-order valence-corrected chi connectivity index (χ3v) is 6.85. The van der Waals surface area contributed by atoms with Crippen LogP contribution in [0.3, 0.4) is 0 Å². The maximum atomic E-state index is 13.3. The van der Waals surface area contributed by atoms with E-state index in [4.69, 9.17) is 9.47 Å². The quantitative estimate of drug-likeness (QED) is 0.390. The van der Waals surface area contributed by atoms with Gasteiger partial charge < -0.3 is 24.2 Å². The molecule has 4 aromatic rings. The van der Waals surface area contributed by atoms with E-state index in [-0.39, 0.29) is 17.5 Å². The molecule has 0 bridgehead atoms. The molecule has 5 rings (SSSR count). The zero-order chi connectivity index (χ0) is 26.8. The molecule has 1 aliphatic rings. The number of piperazine rings is 1. The summed E-state index contributed by atoms with van der Waals surface area (Å²) in [6.07, 6.45) is 1.68. The molecule has 2 amide bonds. The lowest BCUT2D eigenvalue weighted by atomic mass is 10.1. The Hall–Kier alpha value is -4.44. The Morgan fingerprint density at radius 2 is 1.61 bits per heavy atom. The summed E-state index contributed by atoms with van der Waals surface area (Å²) in [7, 11) is 6.91. The van der Waals surface area contributed by atoms with Gasteiger partial charge >= 0.3 is 0 Å². The van der Waals surface area contributed by atoms with Crippen molar-refractivity contribution in [3.8, 4) is 22.8 Å². The highest BCUT2D eigenvalue weighted by atomic mass is 16.5. The Morgan fingerprint density at radius 3 is 2.29 bits per heavy atom. The summed E-state index contributed by atoms with van der Waals surface area (Å²) < 4.78 is 12.4. The van der Waals surface area contributed by atoms with Crippen molar-refractivity contribution in [2.45, 2.75) is 0 Å². The Balaban J connectivity index is 1.37. The molecule has 38 heavy (non-hydrogen) atoms. The van der Waals surface area contributed by atoms with E-state index in [0.29, 0.717) is 41.5 Å². The average Bonchev–Trinajstić information content (AvgIpc) is 3.41. The fourth-order valence-electron chi connectivity index (χ4n) is 4.52. The van der Waals surface area contributed by atoms with Gasteiger partial charge in [0.25, 0.3) is 11.8 Å². The molecular formula is C28H30N6O4. The van der Waals surface area contributed by atoms with Gasteiger partial charge in [-0.3, -0.25) is 9.59 Å². The van der Waals surface area contributed by atoms with Gasteiger partial charge in [0, 0.05) is 62.3 Å². The molecule has 0 radical (unpaired) electrons. The minimum absolute atomic E-state index is 0.00717. The number of rotatable bonds is 6. The first-order chi connectivity index (χ1) is 18.4. The van der Waals surface area contributed by atoms with Crippen molar-refractivity contribution >= 4 is 23.1 Å². The minimum Gasteiger partial charge on any atom is -0.493 e. The molecule has 196 valence electrons. The summed E-state index contributed by atoms with van der Waals surface area (Å²) in [5.74, 6) is 0.933. The molecular weight excluding hydrogens is 484 g/mol.